The summed E-state index contributed by atoms with van der Waals surface area (Å²) in [6.07, 6.45) is 8.11. The Kier molecular flexibility index (Phi) is 5.40. The van der Waals surface area contributed by atoms with E-state index in [1.807, 2.05) is 41.1 Å². The summed E-state index contributed by atoms with van der Waals surface area (Å²) in [6.45, 7) is 9.32. The van der Waals surface area contributed by atoms with Gasteiger partial charge in [0.15, 0.2) is 0 Å². The van der Waals surface area contributed by atoms with Crippen LogP contribution in [0.15, 0.2) is 49.4 Å². The number of ether oxygens (including phenoxy) is 1. The second-order valence-electron chi connectivity index (χ2n) is 5.74. The maximum Gasteiger partial charge on any atom is 0.259 e. The average molecular weight is 337 g/mol. The number of fused-ring (bicyclic) bond motifs is 1. The van der Waals surface area contributed by atoms with Crippen LogP contribution in [-0.2, 0) is 0 Å². The van der Waals surface area contributed by atoms with Crippen molar-refractivity contribution in [2.24, 2.45) is 0 Å². The highest BCUT2D eigenvalue weighted by Crippen LogP contribution is 2.23. The van der Waals surface area contributed by atoms with E-state index >= 15 is 0 Å². The molecule has 3 aromatic heterocycles. The SMILES string of the molecule is C=CCCOc1nc(-c2cccc(C(C)NCC)n2)cn2ccnc12. The van der Waals surface area contributed by atoms with Gasteiger partial charge in [0.05, 0.1) is 18.0 Å². The lowest BCUT2D eigenvalue weighted by Gasteiger charge is -2.13. The Morgan fingerprint density at radius 1 is 1.32 bits per heavy atom. The van der Waals surface area contributed by atoms with E-state index in [9.17, 15) is 0 Å². The number of pyridine rings is 1. The monoisotopic (exact) mass is 337 g/mol. The number of aromatic nitrogens is 4. The molecular weight excluding hydrogens is 314 g/mol. The molecule has 0 amide bonds. The number of imidazole rings is 1. The standard InChI is InChI=1S/C19H23N5O/c1-4-6-12-25-19-18-21-10-11-24(18)13-17(23-19)16-9-7-8-15(22-16)14(3)20-5-2/h4,7-11,13-14,20H,1,5-6,12H2,2-3H3. The first-order chi connectivity index (χ1) is 12.2. The van der Waals surface area contributed by atoms with Crippen LogP contribution >= 0.6 is 0 Å². The van der Waals surface area contributed by atoms with Crippen molar-refractivity contribution in [1.29, 1.82) is 0 Å². The summed E-state index contributed by atoms with van der Waals surface area (Å²) in [5.74, 6) is 0.510. The fourth-order valence-electron chi connectivity index (χ4n) is 2.61. The molecule has 130 valence electrons. The number of hydrogen-bond acceptors (Lipinski definition) is 5. The molecule has 1 N–H and O–H groups in total. The summed E-state index contributed by atoms with van der Waals surface area (Å²) in [7, 11) is 0. The molecular formula is C19H23N5O. The Bertz CT molecular complexity index is 858. The molecule has 0 aliphatic heterocycles. The third-order valence-corrected chi connectivity index (χ3v) is 3.89. The van der Waals surface area contributed by atoms with Crippen molar-refractivity contribution >= 4 is 5.65 Å². The molecule has 0 spiro atoms. The Labute approximate surface area is 147 Å². The molecule has 0 aliphatic carbocycles. The second-order valence-corrected chi connectivity index (χ2v) is 5.74. The molecule has 3 aromatic rings. The zero-order chi connectivity index (χ0) is 17.6. The molecule has 0 saturated carbocycles. The Morgan fingerprint density at radius 3 is 3.00 bits per heavy atom. The van der Waals surface area contributed by atoms with Crippen LogP contribution in [0.3, 0.4) is 0 Å². The largest absolute Gasteiger partial charge is 0.475 e. The van der Waals surface area contributed by atoms with Crippen LogP contribution in [-0.4, -0.2) is 32.5 Å². The van der Waals surface area contributed by atoms with Gasteiger partial charge in [-0.15, -0.1) is 6.58 Å². The first kappa shape index (κ1) is 17.1. The lowest BCUT2D eigenvalue weighted by Crippen LogP contribution is -2.18. The van der Waals surface area contributed by atoms with Crippen molar-refractivity contribution in [2.75, 3.05) is 13.2 Å². The van der Waals surface area contributed by atoms with Gasteiger partial charge < -0.3 is 14.5 Å². The summed E-state index contributed by atoms with van der Waals surface area (Å²) >= 11 is 0. The van der Waals surface area contributed by atoms with Gasteiger partial charge in [-0.05, 0) is 32.0 Å². The Hall–Kier alpha value is -2.73. The Balaban J connectivity index is 1.97. The van der Waals surface area contributed by atoms with E-state index < -0.39 is 0 Å². The topological polar surface area (TPSA) is 64.3 Å². The van der Waals surface area contributed by atoms with Gasteiger partial charge in [-0.25, -0.2) is 15.0 Å². The van der Waals surface area contributed by atoms with Gasteiger partial charge in [-0.1, -0.05) is 19.1 Å². The third kappa shape index (κ3) is 3.85. The maximum atomic E-state index is 5.79. The predicted molar refractivity (Wildman–Crippen MR) is 98.6 cm³/mol. The summed E-state index contributed by atoms with van der Waals surface area (Å²) in [6, 6.07) is 6.17. The van der Waals surface area contributed by atoms with E-state index in [2.05, 4.69) is 35.7 Å². The van der Waals surface area contributed by atoms with E-state index in [0.717, 1.165) is 30.0 Å². The van der Waals surface area contributed by atoms with Crippen molar-refractivity contribution in [3.63, 3.8) is 0 Å². The Morgan fingerprint density at radius 2 is 2.20 bits per heavy atom. The highest BCUT2D eigenvalue weighted by atomic mass is 16.5. The summed E-state index contributed by atoms with van der Waals surface area (Å²) in [5.41, 5.74) is 3.25. The zero-order valence-corrected chi connectivity index (χ0v) is 14.6. The normalized spacial score (nSPS) is 12.2. The lowest BCUT2D eigenvalue weighted by molar-refractivity contribution is 0.315. The van der Waals surface area contributed by atoms with Crippen molar-refractivity contribution in [3.8, 4) is 17.3 Å². The number of rotatable bonds is 8. The second kappa shape index (κ2) is 7.90. The highest BCUT2D eigenvalue weighted by molar-refractivity contribution is 5.60. The fraction of sp³-hybridized carbons (Fsp3) is 0.316. The number of hydrogen-bond donors (Lipinski definition) is 1. The molecule has 0 bridgehead atoms. The van der Waals surface area contributed by atoms with Crippen LogP contribution in [0.4, 0.5) is 0 Å². The molecule has 1 unspecified atom stereocenters. The van der Waals surface area contributed by atoms with E-state index in [1.54, 1.807) is 6.20 Å². The fourth-order valence-corrected chi connectivity index (χ4v) is 2.61. The van der Waals surface area contributed by atoms with Gasteiger partial charge in [-0.2, -0.15) is 0 Å². The lowest BCUT2D eigenvalue weighted by atomic mass is 10.2. The van der Waals surface area contributed by atoms with E-state index in [0.29, 0.717) is 18.1 Å². The van der Waals surface area contributed by atoms with Crippen LogP contribution < -0.4 is 10.1 Å². The highest BCUT2D eigenvalue weighted by Gasteiger charge is 2.13. The number of nitrogens with zero attached hydrogens (tertiary/aromatic N) is 4. The van der Waals surface area contributed by atoms with Crippen molar-refractivity contribution in [1.82, 2.24) is 24.7 Å². The zero-order valence-electron chi connectivity index (χ0n) is 14.6. The minimum atomic E-state index is 0.185. The van der Waals surface area contributed by atoms with Gasteiger partial charge in [0.25, 0.3) is 5.88 Å². The first-order valence-electron chi connectivity index (χ1n) is 8.51. The summed E-state index contributed by atoms with van der Waals surface area (Å²) in [5, 5.41) is 3.38. The summed E-state index contributed by atoms with van der Waals surface area (Å²) in [4.78, 5) is 13.7. The minimum Gasteiger partial charge on any atom is -0.475 e. The van der Waals surface area contributed by atoms with Gasteiger partial charge in [-0.3, -0.25) is 0 Å². The molecule has 6 heteroatoms. The van der Waals surface area contributed by atoms with Gasteiger partial charge in [0, 0.05) is 24.6 Å². The molecule has 0 saturated heterocycles. The van der Waals surface area contributed by atoms with Crippen molar-refractivity contribution in [2.45, 2.75) is 26.3 Å². The van der Waals surface area contributed by atoms with Crippen LogP contribution in [0.2, 0.25) is 0 Å². The molecule has 0 aromatic carbocycles. The van der Waals surface area contributed by atoms with Crippen molar-refractivity contribution in [3.05, 3.63) is 55.1 Å². The van der Waals surface area contributed by atoms with E-state index in [1.165, 1.54) is 0 Å². The molecule has 0 aliphatic rings. The molecule has 25 heavy (non-hydrogen) atoms. The minimum absolute atomic E-state index is 0.185. The van der Waals surface area contributed by atoms with E-state index in [4.69, 9.17) is 9.72 Å². The van der Waals surface area contributed by atoms with Crippen molar-refractivity contribution < 1.29 is 4.74 Å². The molecule has 3 heterocycles. The first-order valence-corrected chi connectivity index (χ1v) is 8.51. The molecule has 3 rings (SSSR count). The van der Waals surface area contributed by atoms with E-state index in [-0.39, 0.29) is 6.04 Å². The molecule has 6 nitrogen and oxygen atoms in total. The van der Waals surface area contributed by atoms with Crippen LogP contribution in [0, 0.1) is 0 Å². The van der Waals surface area contributed by atoms with Crippen LogP contribution in [0.25, 0.3) is 17.0 Å². The smallest absolute Gasteiger partial charge is 0.259 e. The molecule has 0 radical (unpaired) electrons. The summed E-state index contributed by atoms with van der Waals surface area (Å²) < 4.78 is 7.70. The third-order valence-electron chi connectivity index (χ3n) is 3.89. The van der Waals surface area contributed by atoms with Crippen LogP contribution in [0.5, 0.6) is 5.88 Å². The predicted octanol–water partition coefficient (Wildman–Crippen LogP) is 3.42. The van der Waals surface area contributed by atoms with Crippen LogP contribution in [0.1, 0.15) is 32.0 Å². The molecule has 0 fully saturated rings. The average Bonchev–Trinajstić information content (AvgIpc) is 3.11. The number of nitrogens with one attached hydrogen (secondary N) is 1. The van der Waals surface area contributed by atoms with Gasteiger partial charge >= 0.3 is 0 Å². The van der Waals surface area contributed by atoms with Gasteiger partial charge in [0.2, 0.25) is 5.65 Å². The maximum absolute atomic E-state index is 5.79. The van der Waals surface area contributed by atoms with Gasteiger partial charge in [0.1, 0.15) is 5.69 Å². The quantitative estimate of drug-likeness (QED) is 0.504. The molecule has 1 atom stereocenters.